The van der Waals surface area contributed by atoms with Crippen molar-refractivity contribution in [2.75, 3.05) is 24.3 Å². The van der Waals surface area contributed by atoms with Crippen molar-refractivity contribution in [2.45, 2.75) is 53.6 Å². The molecule has 0 unspecified atom stereocenters. The second-order valence-corrected chi connectivity index (χ2v) is 9.56. The number of anilines is 2. The molecule has 0 saturated heterocycles. The molecule has 1 N–H and O–H groups in total. The van der Waals surface area contributed by atoms with E-state index in [2.05, 4.69) is 5.32 Å². The average molecular weight is 428 g/mol. The van der Waals surface area contributed by atoms with E-state index in [9.17, 15) is 14.0 Å². The standard InChI is InChI=1S/C25H34FN3O2/c1-17(2)29(24(31)18-8-10-20(26)11-9-18)16-19-14-21(12-13-22(19)28(6)7)27-23(30)15-25(3,4)5/h8-14,17H,15-16H2,1-7H3,(H,27,30). The van der Waals surface area contributed by atoms with Gasteiger partial charge in [0, 0.05) is 50.0 Å². The second-order valence-electron chi connectivity index (χ2n) is 9.56. The Labute approximate surface area is 185 Å². The predicted molar refractivity (Wildman–Crippen MR) is 125 cm³/mol. The molecule has 0 fully saturated rings. The van der Waals surface area contributed by atoms with Gasteiger partial charge < -0.3 is 15.1 Å². The minimum Gasteiger partial charge on any atom is -0.377 e. The molecule has 31 heavy (non-hydrogen) atoms. The van der Waals surface area contributed by atoms with Crippen LogP contribution in [0.1, 0.15) is 57.0 Å². The first-order valence-corrected chi connectivity index (χ1v) is 10.5. The predicted octanol–water partition coefficient (Wildman–Crippen LogP) is 5.32. The highest BCUT2D eigenvalue weighted by molar-refractivity contribution is 5.94. The maximum atomic E-state index is 13.3. The molecular weight excluding hydrogens is 393 g/mol. The Morgan fingerprint density at radius 2 is 1.65 bits per heavy atom. The van der Waals surface area contributed by atoms with Crippen molar-refractivity contribution in [3.63, 3.8) is 0 Å². The lowest BCUT2D eigenvalue weighted by Gasteiger charge is -2.29. The van der Waals surface area contributed by atoms with Crippen LogP contribution in [0.25, 0.3) is 0 Å². The Hall–Kier alpha value is -2.89. The molecule has 168 valence electrons. The molecule has 2 rings (SSSR count). The fraction of sp³-hybridized carbons (Fsp3) is 0.440. The van der Waals surface area contributed by atoms with Crippen LogP contribution in [0.15, 0.2) is 42.5 Å². The van der Waals surface area contributed by atoms with Crippen molar-refractivity contribution in [3.8, 4) is 0 Å². The third-order valence-electron chi connectivity index (χ3n) is 4.85. The molecule has 0 saturated carbocycles. The molecule has 6 heteroatoms. The highest BCUT2D eigenvalue weighted by Gasteiger charge is 2.22. The van der Waals surface area contributed by atoms with E-state index in [-0.39, 0.29) is 29.1 Å². The van der Waals surface area contributed by atoms with Gasteiger partial charge in [0.1, 0.15) is 5.82 Å². The molecule has 0 aliphatic heterocycles. The van der Waals surface area contributed by atoms with Crippen molar-refractivity contribution < 1.29 is 14.0 Å². The van der Waals surface area contributed by atoms with Crippen LogP contribution in [0.5, 0.6) is 0 Å². The molecule has 0 heterocycles. The molecule has 0 spiro atoms. The Bertz CT molecular complexity index is 915. The summed E-state index contributed by atoms with van der Waals surface area (Å²) in [4.78, 5) is 29.2. The molecule has 0 aliphatic carbocycles. The molecule has 0 atom stereocenters. The van der Waals surface area contributed by atoms with Crippen molar-refractivity contribution in [3.05, 3.63) is 59.4 Å². The zero-order valence-corrected chi connectivity index (χ0v) is 19.6. The summed E-state index contributed by atoms with van der Waals surface area (Å²) in [5, 5.41) is 2.97. The Kier molecular flexibility index (Phi) is 7.82. The molecule has 2 aromatic rings. The molecule has 0 radical (unpaired) electrons. The minimum absolute atomic E-state index is 0.0424. The lowest BCUT2D eigenvalue weighted by atomic mass is 9.92. The fourth-order valence-electron chi connectivity index (χ4n) is 3.34. The van der Waals surface area contributed by atoms with E-state index >= 15 is 0 Å². The zero-order valence-electron chi connectivity index (χ0n) is 19.6. The SMILES string of the molecule is CC(C)N(Cc1cc(NC(=O)CC(C)(C)C)ccc1N(C)C)C(=O)c1ccc(F)cc1. The van der Waals surface area contributed by atoms with Gasteiger partial charge in [0.25, 0.3) is 5.91 Å². The van der Waals surface area contributed by atoms with Crippen molar-refractivity contribution in [1.82, 2.24) is 4.90 Å². The van der Waals surface area contributed by atoms with E-state index in [0.717, 1.165) is 11.3 Å². The van der Waals surface area contributed by atoms with E-state index in [1.807, 2.05) is 71.8 Å². The number of nitrogens with one attached hydrogen (secondary N) is 1. The van der Waals surface area contributed by atoms with Gasteiger partial charge >= 0.3 is 0 Å². The summed E-state index contributed by atoms with van der Waals surface area (Å²) in [5.41, 5.74) is 2.92. The van der Waals surface area contributed by atoms with Gasteiger partial charge in [-0.05, 0) is 67.3 Å². The summed E-state index contributed by atoms with van der Waals surface area (Å²) in [7, 11) is 3.89. The third-order valence-corrected chi connectivity index (χ3v) is 4.85. The molecule has 0 aliphatic rings. The Morgan fingerprint density at radius 3 is 2.16 bits per heavy atom. The first kappa shape index (κ1) is 24.4. The number of nitrogens with zero attached hydrogens (tertiary/aromatic N) is 2. The van der Waals surface area contributed by atoms with E-state index in [0.29, 0.717) is 24.2 Å². The lowest BCUT2D eigenvalue weighted by molar-refractivity contribution is -0.117. The summed E-state index contributed by atoms with van der Waals surface area (Å²) >= 11 is 0. The fourth-order valence-corrected chi connectivity index (χ4v) is 3.34. The van der Waals surface area contributed by atoms with Gasteiger partial charge in [-0.1, -0.05) is 20.8 Å². The van der Waals surface area contributed by atoms with Crippen LogP contribution in [0.2, 0.25) is 0 Å². The number of hydrogen-bond acceptors (Lipinski definition) is 3. The van der Waals surface area contributed by atoms with Crippen LogP contribution < -0.4 is 10.2 Å². The molecule has 2 amide bonds. The molecule has 0 aromatic heterocycles. The number of halogens is 1. The van der Waals surface area contributed by atoms with Crippen molar-refractivity contribution in [2.24, 2.45) is 5.41 Å². The van der Waals surface area contributed by atoms with Gasteiger partial charge in [0.05, 0.1) is 0 Å². The van der Waals surface area contributed by atoms with Crippen LogP contribution in [-0.4, -0.2) is 36.9 Å². The lowest BCUT2D eigenvalue weighted by Crippen LogP contribution is -2.36. The van der Waals surface area contributed by atoms with Crippen LogP contribution in [-0.2, 0) is 11.3 Å². The van der Waals surface area contributed by atoms with Crippen LogP contribution >= 0.6 is 0 Å². The largest absolute Gasteiger partial charge is 0.377 e. The van der Waals surface area contributed by atoms with Gasteiger partial charge in [-0.2, -0.15) is 0 Å². The van der Waals surface area contributed by atoms with E-state index in [4.69, 9.17) is 0 Å². The zero-order chi connectivity index (χ0) is 23.3. The smallest absolute Gasteiger partial charge is 0.254 e. The number of amides is 2. The summed E-state index contributed by atoms with van der Waals surface area (Å²) in [6.07, 6.45) is 0.416. The summed E-state index contributed by atoms with van der Waals surface area (Å²) in [6.45, 7) is 10.3. The van der Waals surface area contributed by atoms with Crippen LogP contribution in [0.4, 0.5) is 15.8 Å². The maximum absolute atomic E-state index is 13.3. The molecule has 2 aromatic carbocycles. The van der Waals surface area contributed by atoms with E-state index in [1.165, 1.54) is 24.3 Å². The Balaban J connectivity index is 2.33. The monoisotopic (exact) mass is 427 g/mol. The van der Waals surface area contributed by atoms with Gasteiger partial charge in [-0.3, -0.25) is 9.59 Å². The summed E-state index contributed by atoms with van der Waals surface area (Å²) < 4.78 is 13.3. The summed E-state index contributed by atoms with van der Waals surface area (Å²) in [5.74, 6) is -0.581. The van der Waals surface area contributed by atoms with E-state index < -0.39 is 0 Å². The van der Waals surface area contributed by atoms with E-state index in [1.54, 1.807) is 4.90 Å². The number of hydrogen-bond donors (Lipinski definition) is 1. The molecule has 0 bridgehead atoms. The topological polar surface area (TPSA) is 52.7 Å². The Morgan fingerprint density at radius 1 is 1.03 bits per heavy atom. The quantitative estimate of drug-likeness (QED) is 0.651. The van der Waals surface area contributed by atoms with Gasteiger partial charge in [0.15, 0.2) is 0 Å². The first-order valence-electron chi connectivity index (χ1n) is 10.5. The van der Waals surface area contributed by atoms with Crippen molar-refractivity contribution >= 4 is 23.2 Å². The number of rotatable bonds is 7. The first-order chi connectivity index (χ1) is 14.4. The van der Waals surface area contributed by atoms with Crippen molar-refractivity contribution in [1.29, 1.82) is 0 Å². The average Bonchev–Trinajstić information content (AvgIpc) is 2.64. The number of carbonyl (C=O) groups is 2. The second kappa shape index (κ2) is 9.94. The third kappa shape index (κ3) is 7.09. The molecular formula is C25H34FN3O2. The number of benzene rings is 2. The summed E-state index contributed by atoms with van der Waals surface area (Å²) in [6, 6.07) is 11.3. The normalized spacial score (nSPS) is 11.4. The highest BCUT2D eigenvalue weighted by atomic mass is 19.1. The van der Waals surface area contributed by atoms with Crippen LogP contribution in [0, 0.1) is 11.2 Å². The van der Waals surface area contributed by atoms with Gasteiger partial charge in [-0.15, -0.1) is 0 Å². The van der Waals surface area contributed by atoms with Gasteiger partial charge in [0.2, 0.25) is 5.91 Å². The maximum Gasteiger partial charge on any atom is 0.254 e. The molecule has 5 nitrogen and oxygen atoms in total. The minimum atomic E-state index is -0.374. The van der Waals surface area contributed by atoms with Gasteiger partial charge in [-0.25, -0.2) is 4.39 Å². The number of carbonyl (C=O) groups excluding carboxylic acids is 2. The highest BCUT2D eigenvalue weighted by Crippen LogP contribution is 2.27. The van der Waals surface area contributed by atoms with Crippen LogP contribution in [0.3, 0.4) is 0 Å².